The third-order valence-corrected chi connectivity index (χ3v) is 5.82. The Morgan fingerprint density at radius 1 is 1.11 bits per heavy atom. The molecule has 4 nitrogen and oxygen atoms in total. The number of hydrogen-bond acceptors (Lipinski definition) is 3. The summed E-state index contributed by atoms with van der Waals surface area (Å²) >= 11 is 0. The highest BCUT2D eigenvalue weighted by atomic mass is 32.2. The second-order valence-corrected chi connectivity index (χ2v) is 8.56. The first kappa shape index (κ1) is 19.0. The number of benzene rings is 2. The van der Waals surface area contributed by atoms with Crippen molar-refractivity contribution in [1.82, 2.24) is 5.32 Å². The van der Waals surface area contributed by atoms with Gasteiger partial charge in [-0.25, -0.2) is 12.8 Å². The quantitative estimate of drug-likeness (QED) is 0.873. The van der Waals surface area contributed by atoms with Crippen molar-refractivity contribution in [3.8, 4) is 0 Å². The van der Waals surface area contributed by atoms with Crippen LogP contribution in [0.5, 0.6) is 0 Å². The van der Waals surface area contributed by atoms with Crippen molar-refractivity contribution in [3.63, 3.8) is 0 Å². The summed E-state index contributed by atoms with van der Waals surface area (Å²) in [7, 11) is -1.68. The van der Waals surface area contributed by atoms with Gasteiger partial charge in [-0.3, -0.25) is 4.79 Å². The van der Waals surface area contributed by atoms with Crippen molar-refractivity contribution < 1.29 is 17.6 Å². The number of rotatable bonds is 4. The van der Waals surface area contributed by atoms with Crippen LogP contribution < -0.4 is 5.32 Å². The van der Waals surface area contributed by atoms with Crippen LogP contribution in [0.25, 0.3) is 17.2 Å². The van der Waals surface area contributed by atoms with Crippen LogP contribution in [-0.4, -0.2) is 27.6 Å². The van der Waals surface area contributed by atoms with E-state index >= 15 is 0 Å². The molecule has 27 heavy (non-hydrogen) atoms. The molecular formula is C21H20FNO3S. The Balaban J connectivity index is 2.09. The predicted octanol–water partition coefficient (Wildman–Crippen LogP) is 3.69. The van der Waals surface area contributed by atoms with Gasteiger partial charge in [-0.05, 0) is 70.7 Å². The number of nitrogens with one attached hydrogen (secondary N) is 1. The number of sulfone groups is 1. The minimum absolute atomic E-state index is 0.140. The van der Waals surface area contributed by atoms with Crippen LogP contribution in [0.3, 0.4) is 0 Å². The SMILES string of the molecule is CNC(=O)CC1=C(C)/C(=C/c2ccc(S(C)(=O)=O)cc2)c2ccc(F)cc21. The molecule has 0 aromatic heterocycles. The molecule has 1 aliphatic rings. The first-order valence-electron chi connectivity index (χ1n) is 8.43. The number of allylic oxidation sites excluding steroid dienone is 2. The Hall–Kier alpha value is -2.73. The molecule has 0 spiro atoms. The number of fused-ring (bicyclic) bond motifs is 1. The maximum Gasteiger partial charge on any atom is 0.224 e. The molecule has 140 valence electrons. The minimum Gasteiger partial charge on any atom is -0.359 e. The average molecular weight is 385 g/mol. The summed E-state index contributed by atoms with van der Waals surface area (Å²) in [5.41, 5.74) is 5.01. The molecule has 0 heterocycles. The number of carbonyl (C=O) groups is 1. The van der Waals surface area contributed by atoms with Crippen molar-refractivity contribution in [1.29, 1.82) is 0 Å². The van der Waals surface area contributed by atoms with Gasteiger partial charge in [0.15, 0.2) is 9.84 Å². The summed E-state index contributed by atoms with van der Waals surface area (Å²) in [6.07, 6.45) is 3.26. The zero-order valence-electron chi connectivity index (χ0n) is 15.3. The van der Waals surface area contributed by atoms with E-state index in [9.17, 15) is 17.6 Å². The van der Waals surface area contributed by atoms with Gasteiger partial charge in [-0.15, -0.1) is 0 Å². The van der Waals surface area contributed by atoms with Crippen molar-refractivity contribution >= 4 is 33.0 Å². The van der Waals surface area contributed by atoms with Crippen molar-refractivity contribution in [2.24, 2.45) is 0 Å². The van der Waals surface area contributed by atoms with E-state index in [0.29, 0.717) is 0 Å². The molecule has 2 aromatic carbocycles. The smallest absolute Gasteiger partial charge is 0.224 e. The van der Waals surface area contributed by atoms with Crippen LogP contribution >= 0.6 is 0 Å². The molecule has 0 unspecified atom stereocenters. The van der Waals surface area contributed by atoms with Crippen molar-refractivity contribution in [3.05, 3.63) is 70.5 Å². The number of hydrogen-bond donors (Lipinski definition) is 1. The fourth-order valence-electron chi connectivity index (χ4n) is 3.21. The van der Waals surface area contributed by atoms with E-state index < -0.39 is 9.84 Å². The summed E-state index contributed by atoms with van der Waals surface area (Å²) in [6, 6.07) is 11.1. The Labute approximate surface area is 158 Å². The largest absolute Gasteiger partial charge is 0.359 e. The Kier molecular flexibility index (Phi) is 5.02. The lowest BCUT2D eigenvalue weighted by molar-refractivity contribution is -0.119. The minimum atomic E-state index is -3.25. The summed E-state index contributed by atoms with van der Waals surface area (Å²) in [4.78, 5) is 12.1. The molecule has 0 atom stereocenters. The molecule has 2 aromatic rings. The van der Waals surface area contributed by atoms with Gasteiger partial charge < -0.3 is 5.32 Å². The Morgan fingerprint density at radius 2 is 1.78 bits per heavy atom. The highest BCUT2D eigenvalue weighted by Gasteiger charge is 2.25. The van der Waals surface area contributed by atoms with Crippen LogP contribution in [-0.2, 0) is 14.6 Å². The zero-order valence-corrected chi connectivity index (χ0v) is 16.2. The molecular weight excluding hydrogens is 365 g/mol. The van der Waals surface area contributed by atoms with E-state index in [1.165, 1.54) is 18.4 Å². The van der Waals surface area contributed by atoms with Gasteiger partial charge in [-0.1, -0.05) is 18.2 Å². The van der Waals surface area contributed by atoms with Crippen LogP contribution in [0, 0.1) is 5.82 Å². The Bertz CT molecular complexity index is 1080. The van der Waals surface area contributed by atoms with Gasteiger partial charge in [0.1, 0.15) is 5.82 Å². The van der Waals surface area contributed by atoms with Gasteiger partial charge in [-0.2, -0.15) is 0 Å². The molecule has 0 saturated heterocycles. The molecule has 0 fully saturated rings. The third-order valence-electron chi connectivity index (χ3n) is 4.69. The van der Waals surface area contributed by atoms with Gasteiger partial charge in [0.2, 0.25) is 5.91 Å². The lowest BCUT2D eigenvalue weighted by Crippen LogP contribution is -2.17. The first-order valence-corrected chi connectivity index (χ1v) is 10.3. The fourth-order valence-corrected chi connectivity index (χ4v) is 3.84. The lowest BCUT2D eigenvalue weighted by Gasteiger charge is -2.05. The van der Waals surface area contributed by atoms with Crippen LogP contribution in [0.2, 0.25) is 0 Å². The van der Waals surface area contributed by atoms with Crippen LogP contribution in [0.15, 0.2) is 52.9 Å². The molecule has 0 aliphatic heterocycles. The second kappa shape index (κ2) is 7.12. The normalized spacial score (nSPS) is 15.2. The van der Waals surface area contributed by atoms with Crippen molar-refractivity contribution in [2.45, 2.75) is 18.2 Å². The number of amides is 1. The predicted molar refractivity (Wildman–Crippen MR) is 105 cm³/mol. The molecule has 3 rings (SSSR count). The standard InChI is InChI=1S/C21H20FNO3S/c1-13-18(10-14-4-7-16(8-5-14)27(3,25)26)17-9-6-15(22)11-20(17)19(13)12-21(24)23-2/h4-11H,12H2,1-3H3,(H,23,24)/b18-10-. The molecule has 1 aliphatic carbocycles. The van der Waals surface area contributed by atoms with Gasteiger partial charge in [0, 0.05) is 13.3 Å². The summed E-state index contributed by atoms with van der Waals surface area (Å²) in [5.74, 6) is -0.493. The van der Waals surface area contributed by atoms with Gasteiger partial charge in [0.25, 0.3) is 0 Å². The average Bonchev–Trinajstić information content (AvgIpc) is 2.86. The van der Waals surface area contributed by atoms with Gasteiger partial charge >= 0.3 is 0 Å². The second-order valence-electron chi connectivity index (χ2n) is 6.54. The van der Waals surface area contributed by atoms with Crippen LogP contribution in [0.4, 0.5) is 4.39 Å². The van der Waals surface area contributed by atoms with E-state index in [-0.39, 0.29) is 23.0 Å². The fraction of sp³-hybridized carbons (Fsp3) is 0.190. The molecule has 0 saturated carbocycles. The lowest BCUT2D eigenvalue weighted by atomic mass is 10.0. The number of carbonyl (C=O) groups excluding carboxylic acids is 1. The molecule has 6 heteroatoms. The number of halogens is 1. The summed E-state index contributed by atoms with van der Waals surface area (Å²) < 4.78 is 37.0. The van der Waals surface area contributed by atoms with E-state index in [4.69, 9.17) is 0 Å². The van der Waals surface area contributed by atoms with Gasteiger partial charge in [0.05, 0.1) is 11.3 Å². The topological polar surface area (TPSA) is 63.2 Å². The van der Waals surface area contributed by atoms with Crippen LogP contribution in [0.1, 0.15) is 30.0 Å². The summed E-state index contributed by atoms with van der Waals surface area (Å²) in [6.45, 7) is 1.91. The Morgan fingerprint density at radius 3 is 2.37 bits per heavy atom. The van der Waals surface area contributed by atoms with E-state index in [0.717, 1.165) is 33.4 Å². The third kappa shape index (κ3) is 3.85. The summed E-state index contributed by atoms with van der Waals surface area (Å²) in [5, 5.41) is 2.60. The zero-order chi connectivity index (χ0) is 19.8. The molecule has 1 N–H and O–H groups in total. The highest BCUT2D eigenvalue weighted by Crippen LogP contribution is 2.43. The highest BCUT2D eigenvalue weighted by molar-refractivity contribution is 7.90. The monoisotopic (exact) mass is 385 g/mol. The maximum absolute atomic E-state index is 13.8. The van der Waals surface area contributed by atoms with E-state index in [1.807, 2.05) is 13.0 Å². The maximum atomic E-state index is 13.8. The van der Waals surface area contributed by atoms with Crippen molar-refractivity contribution in [2.75, 3.05) is 13.3 Å². The van der Waals surface area contributed by atoms with E-state index in [2.05, 4.69) is 5.32 Å². The molecule has 0 bridgehead atoms. The van der Waals surface area contributed by atoms with E-state index in [1.54, 1.807) is 37.4 Å². The first-order chi connectivity index (χ1) is 12.7. The molecule has 0 radical (unpaired) electrons. The molecule has 1 amide bonds.